The van der Waals surface area contributed by atoms with E-state index in [1.807, 2.05) is 18.2 Å². The van der Waals surface area contributed by atoms with Crippen LogP contribution in [0, 0.1) is 6.92 Å². The molecule has 0 fully saturated rings. The van der Waals surface area contributed by atoms with E-state index in [1.165, 1.54) is 11.8 Å². The Labute approximate surface area is 172 Å². The van der Waals surface area contributed by atoms with Crippen LogP contribution >= 0.6 is 11.8 Å². The Morgan fingerprint density at radius 2 is 1.86 bits per heavy atom. The first-order chi connectivity index (χ1) is 13.9. The van der Waals surface area contributed by atoms with Gasteiger partial charge in [0.25, 0.3) is 5.91 Å². The van der Waals surface area contributed by atoms with Gasteiger partial charge < -0.3 is 19.9 Å². The first-order valence-electron chi connectivity index (χ1n) is 8.91. The number of amides is 2. The minimum absolute atomic E-state index is 0.184. The predicted molar refractivity (Wildman–Crippen MR) is 113 cm³/mol. The van der Waals surface area contributed by atoms with Crippen molar-refractivity contribution in [3.63, 3.8) is 0 Å². The van der Waals surface area contributed by atoms with Crippen molar-refractivity contribution in [2.45, 2.75) is 24.0 Å². The number of carbonyl (C=O) groups excluding carboxylic acids is 2. The van der Waals surface area contributed by atoms with E-state index in [1.54, 1.807) is 57.4 Å². The highest BCUT2D eigenvalue weighted by Gasteiger charge is 2.16. The van der Waals surface area contributed by atoms with E-state index >= 15 is 0 Å². The Kier molecular flexibility index (Phi) is 6.56. The van der Waals surface area contributed by atoms with Crippen LogP contribution < -0.4 is 15.4 Å². The number of aryl methyl sites for hydroxylation is 1. The largest absolute Gasteiger partial charge is 0.497 e. The van der Waals surface area contributed by atoms with Crippen molar-refractivity contribution in [3.05, 3.63) is 65.9 Å². The molecule has 2 amide bonds. The van der Waals surface area contributed by atoms with E-state index in [0.29, 0.717) is 28.6 Å². The van der Waals surface area contributed by atoms with Crippen molar-refractivity contribution in [2.75, 3.05) is 17.7 Å². The molecule has 0 spiro atoms. The summed E-state index contributed by atoms with van der Waals surface area (Å²) in [6.45, 7) is 3.56. The standard InChI is InChI=1S/C21H21N3O4S/c1-13-11-19(24-28-13)23-20(25)14(2)29-18-6-4-5-16(12-18)22-21(26)15-7-9-17(27-3)10-8-15/h4-12,14H,1-3H3,(H,22,26)(H,23,24,25). The second-order valence-corrected chi connectivity index (χ2v) is 7.70. The maximum Gasteiger partial charge on any atom is 0.255 e. The zero-order valence-electron chi connectivity index (χ0n) is 16.3. The summed E-state index contributed by atoms with van der Waals surface area (Å²) in [7, 11) is 1.58. The van der Waals surface area contributed by atoms with Crippen LogP contribution in [0.15, 0.2) is 64.0 Å². The maximum atomic E-state index is 12.4. The van der Waals surface area contributed by atoms with Gasteiger partial charge in [0.05, 0.1) is 12.4 Å². The predicted octanol–water partition coefficient (Wildman–Crippen LogP) is 4.36. The van der Waals surface area contributed by atoms with Crippen LogP contribution in [0.4, 0.5) is 11.5 Å². The molecule has 1 aromatic heterocycles. The summed E-state index contributed by atoms with van der Waals surface area (Å²) < 4.78 is 10.0. The Hall–Kier alpha value is -3.26. The zero-order chi connectivity index (χ0) is 20.8. The fraction of sp³-hybridized carbons (Fsp3) is 0.190. The van der Waals surface area contributed by atoms with Gasteiger partial charge >= 0.3 is 0 Å². The van der Waals surface area contributed by atoms with Crippen LogP contribution in [0.3, 0.4) is 0 Å². The molecule has 7 nitrogen and oxygen atoms in total. The molecule has 3 aromatic rings. The van der Waals surface area contributed by atoms with Gasteiger partial charge in [0.1, 0.15) is 11.5 Å². The Morgan fingerprint density at radius 1 is 1.10 bits per heavy atom. The normalized spacial score (nSPS) is 11.6. The molecule has 3 rings (SSSR count). The first-order valence-corrected chi connectivity index (χ1v) is 9.79. The number of anilines is 2. The molecule has 2 aromatic carbocycles. The van der Waals surface area contributed by atoms with Crippen LogP contribution in [-0.2, 0) is 4.79 Å². The van der Waals surface area contributed by atoms with Gasteiger partial charge in [-0.2, -0.15) is 0 Å². The average Bonchev–Trinajstić information content (AvgIpc) is 3.12. The van der Waals surface area contributed by atoms with Crippen LogP contribution in [-0.4, -0.2) is 29.3 Å². The minimum Gasteiger partial charge on any atom is -0.497 e. The third kappa shape index (κ3) is 5.61. The molecular weight excluding hydrogens is 390 g/mol. The zero-order valence-corrected chi connectivity index (χ0v) is 17.1. The second-order valence-electron chi connectivity index (χ2n) is 6.28. The molecule has 1 heterocycles. The summed E-state index contributed by atoms with van der Waals surface area (Å²) in [6, 6.07) is 15.9. The van der Waals surface area contributed by atoms with Crippen LogP contribution in [0.2, 0.25) is 0 Å². The number of rotatable bonds is 7. The minimum atomic E-state index is -0.362. The lowest BCUT2D eigenvalue weighted by Gasteiger charge is -2.12. The maximum absolute atomic E-state index is 12.4. The molecule has 0 radical (unpaired) electrons. The molecule has 0 aliphatic heterocycles. The number of thioether (sulfide) groups is 1. The highest BCUT2D eigenvalue weighted by Crippen LogP contribution is 2.27. The van der Waals surface area contributed by atoms with Gasteiger partial charge in [-0.15, -0.1) is 11.8 Å². The van der Waals surface area contributed by atoms with Crippen LogP contribution in [0.5, 0.6) is 5.75 Å². The molecule has 0 saturated heterocycles. The van der Waals surface area contributed by atoms with Crippen LogP contribution in [0.25, 0.3) is 0 Å². The summed E-state index contributed by atoms with van der Waals surface area (Å²) in [5.74, 6) is 1.30. The summed E-state index contributed by atoms with van der Waals surface area (Å²) >= 11 is 1.38. The van der Waals surface area contributed by atoms with Gasteiger partial charge in [-0.3, -0.25) is 9.59 Å². The van der Waals surface area contributed by atoms with E-state index in [0.717, 1.165) is 4.90 Å². The molecule has 0 aliphatic rings. The van der Waals surface area contributed by atoms with E-state index in [2.05, 4.69) is 15.8 Å². The van der Waals surface area contributed by atoms with Gasteiger partial charge in [-0.05, 0) is 56.3 Å². The third-order valence-corrected chi connectivity index (χ3v) is 5.10. The van der Waals surface area contributed by atoms with Gasteiger partial charge in [0.15, 0.2) is 5.82 Å². The van der Waals surface area contributed by atoms with Gasteiger partial charge in [-0.25, -0.2) is 0 Å². The first kappa shape index (κ1) is 20.5. The van der Waals surface area contributed by atoms with Gasteiger partial charge in [0, 0.05) is 22.2 Å². The molecule has 2 N–H and O–H groups in total. The van der Waals surface area contributed by atoms with Gasteiger partial charge in [0.2, 0.25) is 5.91 Å². The number of benzene rings is 2. The van der Waals surface area contributed by atoms with Crippen molar-refractivity contribution >= 4 is 35.1 Å². The Morgan fingerprint density at radius 3 is 2.52 bits per heavy atom. The van der Waals surface area contributed by atoms with E-state index < -0.39 is 0 Å². The molecule has 8 heteroatoms. The average molecular weight is 411 g/mol. The molecular formula is C21H21N3O4S. The SMILES string of the molecule is COc1ccc(C(=O)Nc2cccc(SC(C)C(=O)Nc3cc(C)on3)c2)cc1. The van der Waals surface area contributed by atoms with Crippen molar-refractivity contribution in [1.29, 1.82) is 0 Å². The molecule has 0 aliphatic carbocycles. The van der Waals surface area contributed by atoms with Gasteiger partial charge in [-0.1, -0.05) is 11.2 Å². The lowest BCUT2D eigenvalue weighted by Crippen LogP contribution is -2.22. The fourth-order valence-electron chi connectivity index (χ4n) is 2.50. The molecule has 0 bridgehead atoms. The van der Waals surface area contributed by atoms with E-state index in [4.69, 9.17) is 9.26 Å². The molecule has 0 saturated carbocycles. The van der Waals surface area contributed by atoms with Crippen molar-refractivity contribution in [2.24, 2.45) is 0 Å². The van der Waals surface area contributed by atoms with Crippen molar-refractivity contribution in [1.82, 2.24) is 5.16 Å². The number of hydrogen-bond acceptors (Lipinski definition) is 6. The monoisotopic (exact) mass is 411 g/mol. The van der Waals surface area contributed by atoms with E-state index in [9.17, 15) is 9.59 Å². The third-order valence-electron chi connectivity index (χ3n) is 4.01. The number of nitrogens with zero attached hydrogens (tertiary/aromatic N) is 1. The molecule has 29 heavy (non-hydrogen) atoms. The molecule has 150 valence electrons. The topological polar surface area (TPSA) is 93.5 Å². The summed E-state index contributed by atoms with van der Waals surface area (Å²) in [4.78, 5) is 25.6. The number of ether oxygens (including phenoxy) is 1. The van der Waals surface area contributed by atoms with Crippen molar-refractivity contribution < 1.29 is 18.8 Å². The van der Waals surface area contributed by atoms with E-state index in [-0.39, 0.29) is 17.1 Å². The molecule has 1 atom stereocenters. The summed E-state index contributed by atoms with van der Waals surface area (Å²) in [5, 5.41) is 8.98. The Bertz CT molecular complexity index is 1000. The number of methoxy groups -OCH3 is 1. The summed E-state index contributed by atoms with van der Waals surface area (Å²) in [6.07, 6.45) is 0. The number of hydrogen-bond donors (Lipinski definition) is 2. The second kappa shape index (κ2) is 9.29. The fourth-order valence-corrected chi connectivity index (χ4v) is 3.43. The van der Waals surface area contributed by atoms with Crippen LogP contribution in [0.1, 0.15) is 23.0 Å². The highest BCUT2D eigenvalue weighted by molar-refractivity contribution is 8.00. The number of aromatic nitrogens is 1. The highest BCUT2D eigenvalue weighted by atomic mass is 32.2. The Balaban J connectivity index is 1.60. The quantitative estimate of drug-likeness (QED) is 0.561. The number of carbonyl (C=O) groups is 2. The lowest BCUT2D eigenvalue weighted by molar-refractivity contribution is -0.115. The molecule has 1 unspecified atom stereocenters. The summed E-state index contributed by atoms with van der Waals surface area (Å²) in [5.41, 5.74) is 1.18. The van der Waals surface area contributed by atoms with Crippen molar-refractivity contribution in [3.8, 4) is 5.75 Å². The lowest BCUT2D eigenvalue weighted by atomic mass is 10.2. The smallest absolute Gasteiger partial charge is 0.255 e. The number of nitrogens with one attached hydrogen (secondary N) is 2.